The van der Waals surface area contributed by atoms with Crippen LogP contribution in [0.4, 0.5) is 10.8 Å². The fraction of sp³-hybridized carbons (Fsp3) is 0.167. The van der Waals surface area contributed by atoms with Crippen molar-refractivity contribution in [2.45, 2.75) is 18.0 Å². The maximum Gasteiger partial charge on any atom is 0.336 e. The van der Waals surface area contributed by atoms with Crippen LogP contribution in [0.25, 0.3) is 0 Å². The van der Waals surface area contributed by atoms with Gasteiger partial charge >= 0.3 is 5.97 Å². The number of hydrogen-bond donors (Lipinski definition) is 2. The number of nitrogen functional groups attached to an aromatic ring is 1. The van der Waals surface area contributed by atoms with Gasteiger partial charge in [-0.3, -0.25) is 19.7 Å². The number of β-lactam (4-membered cyclic amide) rings is 1. The SMILES string of the molecule is Nc1nc(C(=NOc2ccc(Cl)cc2)C(=O)NC2C(=O)N3C=C(C(=O)OCc4ccc([N+](=O)[O-])cc4)CS[C@H]23)ns1. The first-order valence-corrected chi connectivity index (χ1v) is 13.9. The summed E-state index contributed by atoms with van der Waals surface area (Å²) in [6.07, 6.45) is 1.39. The van der Waals surface area contributed by atoms with Gasteiger partial charge in [0.15, 0.2) is 10.9 Å². The number of carbonyl (C=O) groups is 3. The van der Waals surface area contributed by atoms with E-state index in [1.54, 1.807) is 24.3 Å². The summed E-state index contributed by atoms with van der Waals surface area (Å²) in [4.78, 5) is 59.5. The molecule has 0 radical (unpaired) electrons. The summed E-state index contributed by atoms with van der Waals surface area (Å²) in [5.41, 5.74) is 6.14. The topological polar surface area (TPSA) is 192 Å². The molecule has 0 spiro atoms. The van der Waals surface area contributed by atoms with E-state index in [1.807, 2.05) is 0 Å². The van der Waals surface area contributed by atoms with Crippen LogP contribution in [0.15, 0.2) is 65.5 Å². The molecule has 41 heavy (non-hydrogen) atoms. The number of nitrogens with one attached hydrogen (secondary N) is 1. The molecule has 1 unspecified atom stereocenters. The number of nitrogens with zero attached hydrogens (tertiary/aromatic N) is 5. The normalized spacial score (nSPS) is 18.1. The van der Waals surface area contributed by atoms with Crippen molar-refractivity contribution in [2.24, 2.45) is 5.16 Å². The van der Waals surface area contributed by atoms with Gasteiger partial charge in [-0.15, -0.1) is 11.8 Å². The number of nitro groups is 1. The molecule has 14 nitrogen and oxygen atoms in total. The molecule has 3 N–H and O–H groups in total. The van der Waals surface area contributed by atoms with E-state index in [9.17, 15) is 24.5 Å². The summed E-state index contributed by atoms with van der Waals surface area (Å²) in [5.74, 6) is -1.38. The predicted molar refractivity (Wildman–Crippen MR) is 149 cm³/mol. The first-order chi connectivity index (χ1) is 19.7. The number of nitrogens with two attached hydrogens (primary N) is 1. The Morgan fingerprint density at radius 1 is 1.22 bits per heavy atom. The highest BCUT2D eigenvalue weighted by atomic mass is 35.5. The van der Waals surface area contributed by atoms with Gasteiger partial charge in [-0.1, -0.05) is 16.8 Å². The van der Waals surface area contributed by atoms with E-state index >= 15 is 0 Å². The lowest BCUT2D eigenvalue weighted by Gasteiger charge is -2.47. The molecule has 2 amide bonds. The number of fused-ring (bicyclic) bond motifs is 1. The van der Waals surface area contributed by atoms with Crippen molar-refractivity contribution in [3.63, 3.8) is 0 Å². The molecule has 2 aromatic carbocycles. The third-order valence-electron chi connectivity index (χ3n) is 5.77. The maximum absolute atomic E-state index is 13.1. The van der Waals surface area contributed by atoms with E-state index < -0.39 is 34.1 Å². The van der Waals surface area contributed by atoms with Gasteiger partial charge in [0, 0.05) is 40.6 Å². The molecule has 1 fully saturated rings. The van der Waals surface area contributed by atoms with Gasteiger partial charge in [-0.25, -0.2) is 4.79 Å². The minimum absolute atomic E-state index is 0.0724. The maximum atomic E-state index is 13.1. The van der Waals surface area contributed by atoms with Crippen LogP contribution in [0, 0.1) is 10.1 Å². The second-order valence-corrected chi connectivity index (χ2v) is 10.8. The van der Waals surface area contributed by atoms with Crippen LogP contribution in [-0.2, 0) is 25.7 Å². The Kier molecular flexibility index (Phi) is 8.14. The number of thioether (sulfide) groups is 1. The number of benzene rings is 2. The van der Waals surface area contributed by atoms with Gasteiger partial charge in [-0.2, -0.15) is 9.36 Å². The Morgan fingerprint density at radius 2 is 1.95 bits per heavy atom. The van der Waals surface area contributed by atoms with Crippen molar-refractivity contribution in [1.82, 2.24) is 19.6 Å². The fourth-order valence-corrected chi connectivity index (χ4v) is 5.50. The molecule has 3 heterocycles. The zero-order valence-corrected chi connectivity index (χ0v) is 23.0. The minimum Gasteiger partial charge on any atom is -0.457 e. The number of halogens is 1. The van der Waals surface area contributed by atoms with Crippen molar-refractivity contribution in [3.8, 4) is 5.75 Å². The number of esters is 1. The minimum atomic E-state index is -0.904. The molecule has 1 saturated heterocycles. The number of aromatic nitrogens is 2. The molecule has 17 heteroatoms. The van der Waals surface area contributed by atoms with Crippen LogP contribution >= 0.6 is 34.9 Å². The molecule has 2 aliphatic rings. The van der Waals surface area contributed by atoms with Crippen molar-refractivity contribution in [3.05, 3.63) is 86.8 Å². The average Bonchev–Trinajstić information content (AvgIpc) is 3.41. The monoisotopic (exact) mass is 615 g/mol. The predicted octanol–water partition coefficient (Wildman–Crippen LogP) is 2.49. The van der Waals surface area contributed by atoms with E-state index in [4.69, 9.17) is 26.9 Å². The Bertz CT molecular complexity index is 1580. The molecule has 3 aromatic rings. The molecular formula is C24H18ClN7O7S2. The molecule has 2 aliphatic heterocycles. The highest BCUT2D eigenvalue weighted by molar-refractivity contribution is 8.00. The van der Waals surface area contributed by atoms with E-state index in [0.29, 0.717) is 16.3 Å². The highest BCUT2D eigenvalue weighted by Gasteiger charge is 2.50. The van der Waals surface area contributed by atoms with E-state index in [0.717, 1.165) is 11.5 Å². The number of rotatable bonds is 9. The lowest BCUT2D eigenvalue weighted by molar-refractivity contribution is -0.384. The second-order valence-electron chi connectivity index (χ2n) is 8.49. The summed E-state index contributed by atoms with van der Waals surface area (Å²) in [6, 6.07) is 11.0. The number of nitro benzene ring substituents is 1. The van der Waals surface area contributed by atoms with Crippen molar-refractivity contribution >= 4 is 69.2 Å². The summed E-state index contributed by atoms with van der Waals surface area (Å²) in [7, 11) is 0. The van der Waals surface area contributed by atoms with Gasteiger partial charge in [0.1, 0.15) is 18.0 Å². The van der Waals surface area contributed by atoms with Crippen molar-refractivity contribution in [2.75, 3.05) is 11.5 Å². The molecule has 210 valence electrons. The Hall–Kier alpha value is -4.54. The Morgan fingerprint density at radius 3 is 2.61 bits per heavy atom. The summed E-state index contributed by atoms with van der Waals surface area (Å²) >= 11 is 8.01. The molecule has 0 bridgehead atoms. The summed E-state index contributed by atoms with van der Waals surface area (Å²) < 4.78 is 9.31. The standard InChI is InChI=1S/C24H18ClN7O7S2/c25-14-3-7-16(8-4-14)39-29-17(19-28-24(26)41-30-19)20(33)27-18-21(34)31-9-13(11-40-22(18)31)23(35)38-10-12-1-5-15(6-2-12)32(36)37/h1-9,18,22H,10-11H2,(H,27,33)(H2,26,28,30)/t18?,22-/m1/s1. The van der Waals surface area contributed by atoms with Crippen molar-refractivity contribution in [1.29, 1.82) is 0 Å². The number of amides is 2. The van der Waals surface area contributed by atoms with Crippen LogP contribution in [0.1, 0.15) is 11.4 Å². The van der Waals surface area contributed by atoms with Crippen molar-refractivity contribution < 1.29 is 28.9 Å². The molecule has 5 rings (SSSR count). The van der Waals surface area contributed by atoms with Crippen LogP contribution in [0.2, 0.25) is 5.02 Å². The van der Waals surface area contributed by atoms with E-state index in [1.165, 1.54) is 47.1 Å². The van der Waals surface area contributed by atoms with E-state index in [2.05, 4.69) is 19.8 Å². The molecule has 1 aromatic heterocycles. The molecule has 0 saturated carbocycles. The molecular weight excluding hydrogens is 598 g/mol. The highest BCUT2D eigenvalue weighted by Crippen LogP contribution is 2.36. The van der Waals surface area contributed by atoms with Crippen LogP contribution in [-0.4, -0.2) is 59.8 Å². The number of anilines is 1. The Balaban J connectivity index is 1.21. The third-order valence-corrected chi connectivity index (χ3v) is 7.89. The van der Waals surface area contributed by atoms with Gasteiger partial charge < -0.3 is 25.5 Å². The third kappa shape index (κ3) is 6.29. The number of non-ortho nitro benzene ring substituents is 1. The largest absolute Gasteiger partial charge is 0.457 e. The smallest absolute Gasteiger partial charge is 0.336 e. The summed E-state index contributed by atoms with van der Waals surface area (Å²) in [5, 5.41) is 17.4. The second kappa shape index (κ2) is 11.9. The van der Waals surface area contributed by atoms with Crippen LogP contribution in [0.5, 0.6) is 5.75 Å². The van der Waals surface area contributed by atoms with Crippen LogP contribution in [0.3, 0.4) is 0 Å². The molecule has 2 atom stereocenters. The van der Waals surface area contributed by atoms with Gasteiger partial charge in [0.25, 0.3) is 17.5 Å². The fourth-order valence-electron chi connectivity index (χ4n) is 3.70. The van der Waals surface area contributed by atoms with E-state index in [-0.39, 0.29) is 40.3 Å². The van der Waals surface area contributed by atoms with Crippen LogP contribution < -0.4 is 15.9 Å². The lowest BCUT2D eigenvalue weighted by atomic mass is 10.1. The summed E-state index contributed by atoms with van der Waals surface area (Å²) in [6.45, 7) is -0.0930. The molecule has 0 aliphatic carbocycles. The zero-order valence-electron chi connectivity index (χ0n) is 20.6. The Labute approximate surface area is 244 Å². The number of ether oxygens (including phenoxy) is 1. The van der Waals surface area contributed by atoms with Gasteiger partial charge in [0.2, 0.25) is 11.5 Å². The van der Waals surface area contributed by atoms with Gasteiger partial charge in [-0.05, 0) is 42.0 Å². The lowest BCUT2D eigenvalue weighted by Crippen LogP contribution is -2.69. The van der Waals surface area contributed by atoms with Gasteiger partial charge in [0.05, 0.1) is 10.5 Å². The first kappa shape index (κ1) is 28.0. The number of oxime groups is 1. The number of carbonyl (C=O) groups excluding carboxylic acids is 3. The first-order valence-electron chi connectivity index (χ1n) is 11.7. The quantitative estimate of drug-likeness (QED) is 0.118. The zero-order chi connectivity index (χ0) is 29.1. The average molecular weight is 616 g/mol. The number of hydrogen-bond acceptors (Lipinski definition) is 13.